The first-order chi connectivity index (χ1) is 15.3. The van der Waals surface area contributed by atoms with Gasteiger partial charge in [0.15, 0.2) is 11.5 Å². The van der Waals surface area contributed by atoms with E-state index in [1.54, 1.807) is 0 Å². The van der Waals surface area contributed by atoms with Crippen LogP contribution in [-0.4, -0.2) is 21.4 Å². The van der Waals surface area contributed by atoms with Crippen LogP contribution in [0.5, 0.6) is 11.5 Å². The van der Waals surface area contributed by atoms with E-state index in [1.807, 2.05) is 12.4 Å². The second-order valence-electron chi connectivity index (χ2n) is 8.28. The zero-order valence-corrected chi connectivity index (χ0v) is 17.2. The van der Waals surface area contributed by atoms with Crippen LogP contribution in [0.25, 0.3) is 10.9 Å². The smallest absolute Gasteiger partial charge is 0.196 e. The van der Waals surface area contributed by atoms with Crippen molar-refractivity contribution in [1.82, 2.24) is 20.5 Å². The lowest BCUT2D eigenvalue weighted by Crippen LogP contribution is -2.35. The summed E-state index contributed by atoms with van der Waals surface area (Å²) in [7, 11) is 0. The number of H-pyrrole nitrogens is 1. The van der Waals surface area contributed by atoms with Crippen LogP contribution in [0.3, 0.4) is 0 Å². The first-order valence-corrected chi connectivity index (χ1v) is 10.8. The minimum absolute atomic E-state index is 0.306. The van der Waals surface area contributed by atoms with Gasteiger partial charge in [-0.15, -0.1) is 0 Å². The molecular formula is C25H24N4O2. The fourth-order valence-electron chi connectivity index (χ4n) is 4.91. The van der Waals surface area contributed by atoms with E-state index in [0.29, 0.717) is 6.04 Å². The van der Waals surface area contributed by atoms with Gasteiger partial charge in [0.2, 0.25) is 0 Å². The number of hydrogen-bond acceptors (Lipinski definition) is 5. The van der Waals surface area contributed by atoms with Crippen molar-refractivity contribution >= 4 is 10.9 Å². The lowest BCUT2D eigenvalue weighted by atomic mass is 9.88. The topological polar surface area (TPSA) is 62.4 Å². The van der Waals surface area contributed by atoms with Crippen LogP contribution in [0.1, 0.15) is 34.7 Å². The Hall–Kier alpha value is -3.35. The molecule has 31 heavy (non-hydrogen) atoms. The second kappa shape index (κ2) is 7.72. The Labute approximate surface area is 180 Å². The molecule has 0 radical (unpaired) electrons. The van der Waals surface area contributed by atoms with Gasteiger partial charge in [0.1, 0.15) is 0 Å². The molecule has 4 aromatic rings. The molecule has 0 amide bonds. The van der Waals surface area contributed by atoms with Crippen LogP contribution in [0.4, 0.5) is 0 Å². The van der Waals surface area contributed by atoms with Crippen molar-refractivity contribution in [3.63, 3.8) is 0 Å². The molecule has 2 aromatic heterocycles. The molecule has 1 atom stereocenters. The molecule has 1 unspecified atom stereocenters. The van der Waals surface area contributed by atoms with Crippen molar-refractivity contribution in [2.45, 2.75) is 31.8 Å². The standard InChI is InChI=1S/C25H24N4O2/c1-2-4-22-20(3-1)19(15-27-22)5-6-23-21-14-25-24(30-28-31-25)13-18(21)9-12-29(23)16-17-7-10-26-11-8-17/h1-4,7-8,10-11,13-15,23,27-28H,5-6,9,12,16H2. The highest BCUT2D eigenvalue weighted by atomic mass is 16.9. The molecule has 6 heteroatoms. The van der Waals surface area contributed by atoms with Gasteiger partial charge in [-0.2, -0.15) is 0 Å². The predicted molar refractivity (Wildman–Crippen MR) is 119 cm³/mol. The van der Waals surface area contributed by atoms with Crippen molar-refractivity contribution < 1.29 is 9.68 Å². The second-order valence-corrected chi connectivity index (χ2v) is 8.28. The average Bonchev–Trinajstić information content (AvgIpc) is 3.44. The van der Waals surface area contributed by atoms with Crippen molar-refractivity contribution in [3.8, 4) is 11.5 Å². The molecule has 0 saturated heterocycles. The van der Waals surface area contributed by atoms with Gasteiger partial charge < -0.3 is 14.7 Å². The van der Waals surface area contributed by atoms with Gasteiger partial charge in [-0.05, 0) is 71.8 Å². The number of nitrogens with zero attached hydrogens (tertiary/aromatic N) is 2. The van der Waals surface area contributed by atoms with E-state index in [4.69, 9.17) is 9.68 Å². The van der Waals surface area contributed by atoms with Crippen LogP contribution in [0.15, 0.2) is 67.1 Å². The number of nitrogens with one attached hydrogen (secondary N) is 2. The maximum atomic E-state index is 5.47. The molecule has 0 spiro atoms. The van der Waals surface area contributed by atoms with Gasteiger partial charge in [0.25, 0.3) is 0 Å². The highest BCUT2D eigenvalue weighted by molar-refractivity contribution is 5.83. The van der Waals surface area contributed by atoms with Crippen molar-refractivity contribution in [2.75, 3.05) is 6.54 Å². The van der Waals surface area contributed by atoms with E-state index in [1.165, 1.54) is 33.2 Å². The molecular weight excluding hydrogens is 388 g/mol. The minimum Gasteiger partial charge on any atom is -0.370 e. The Morgan fingerprint density at radius 3 is 2.77 bits per heavy atom. The van der Waals surface area contributed by atoms with Gasteiger partial charge in [-0.1, -0.05) is 18.2 Å². The van der Waals surface area contributed by atoms with Crippen LogP contribution in [0, 0.1) is 0 Å². The summed E-state index contributed by atoms with van der Waals surface area (Å²) >= 11 is 0. The third-order valence-electron chi connectivity index (χ3n) is 6.47. The van der Waals surface area contributed by atoms with E-state index >= 15 is 0 Å². The quantitative estimate of drug-likeness (QED) is 0.506. The van der Waals surface area contributed by atoms with Gasteiger partial charge >= 0.3 is 0 Å². The summed E-state index contributed by atoms with van der Waals surface area (Å²) in [5.74, 6) is 1.54. The average molecular weight is 412 g/mol. The summed E-state index contributed by atoms with van der Waals surface area (Å²) in [6.07, 6.45) is 8.95. The van der Waals surface area contributed by atoms with Gasteiger partial charge in [-0.3, -0.25) is 9.88 Å². The number of para-hydroxylation sites is 1. The highest BCUT2D eigenvalue weighted by Crippen LogP contribution is 2.41. The molecule has 0 aliphatic carbocycles. The normalized spacial score (nSPS) is 17.7. The summed E-state index contributed by atoms with van der Waals surface area (Å²) in [6.45, 7) is 1.92. The molecule has 2 aliphatic rings. The zero-order chi connectivity index (χ0) is 20.6. The molecule has 0 bridgehead atoms. The maximum Gasteiger partial charge on any atom is 0.196 e. The highest BCUT2D eigenvalue weighted by Gasteiger charge is 2.30. The number of aromatic nitrogens is 2. The van der Waals surface area contributed by atoms with Crippen molar-refractivity contribution in [2.24, 2.45) is 0 Å². The van der Waals surface area contributed by atoms with E-state index in [0.717, 1.165) is 43.9 Å². The number of hydrogen-bond donors (Lipinski definition) is 2. The first kappa shape index (κ1) is 18.4. The lowest BCUT2D eigenvalue weighted by Gasteiger charge is -2.37. The third-order valence-corrected chi connectivity index (χ3v) is 6.47. The van der Waals surface area contributed by atoms with Crippen LogP contribution in [0.2, 0.25) is 0 Å². The zero-order valence-electron chi connectivity index (χ0n) is 17.2. The number of aromatic amines is 1. The molecule has 0 saturated carbocycles. The minimum atomic E-state index is 0.306. The van der Waals surface area contributed by atoms with E-state index in [-0.39, 0.29) is 0 Å². The first-order valence-electron chi connectivity index (χ1n) is 10.8. The lowest BCUT2D eigenvalue weighted by molar-refractivity contribution is 0.0259. The van der Waals surface area contributed by atoms with Gasteiger partial charge in [-0.25, -0.2) is 0 Å². The predicted octanol–water partition coefficient (Wildman–Crippen LogP) is 4.49. The molecule has 2 aromatic carbocycles. The fourth-order valence-corrected chi connectivity index (χ4v) is 4.91. The van der Waals surface area contributed by atoms with E-state index in [2.05, 4.69) is 75.2 Å². The van der Waals surface area contributed by atoms with Crippen LogP contribution in [-0.2, 0) is 19.4 Å². The Morgan fingerprint density at radius 1 is 1.03 bits per heavy atom. The molecule has 0 fully saturated rings. The monoisotopic (exact) mass is 412 g/mol. The van der Waals surface area contributed by atoms with E-state index < -0.39 is 0 Å². The largest absolute Gasteiger partial charge is 0.370 e. The summed E-state index contributed by atoms with van der Waals surface area (Å²) in [6, 6.07) is 17.3. The molecule has 6 rings (SSSR count). The van der Waals surface area contributed by atoms with Crippen LogP contribution < -0.4 is 15.3 Å². The Morgan fingerprint density at radius 2 is 1.87 bits per heavy atom. The Balaban J connectivity index is 1.33. The van der Waals surface area contributed by atoms with E-state index in [9.17, 15) is 0 Å². The summed E-state index contributed by atoms with van der Waals surface area (Å²) in [5.41, 5.74) is 9.07. The number of pyridine rings is 1. The molecule has 6 nitrogen and oxygen atoms in total. The van der Waals surface area contributed by atoms with Crippen molar-refractivity contribution in [3.05, 3.63) is 89.4 Å². The molecule has 4 heterocycles. The molecule has 156 valence electrons. The number of fused-ring (bicyclic) bond motifs is 3. The van der Waals surface area contributed by atoms with Crippen molar-refractivity contribution in [1.29, 1.82) is 0 Å². The van der Waals surface area contributed by atoms with Gasteiger partial charge in [0.05, 0.1) is 0 Å². The SMILES string of the molecule is c1ccc2c(CCC3c4cc5c(cc4CCN3Cc3ccncc3)ONO5)c[nH]c2c1. The molecule has 2 N–H and O–H groups in total. The summed E-state index contributed by atoms with van der Waals surface area (Å²) < 4.78 is 0. The Kier molecular flexibility index (Phi) is 4.59. The maximum absolute atomic E-state index is 5.47. The Bertz CT molecular complexity index is 1220. The fraction of sp³-hybridized carbons (Fsp3) is 0.240. The summed E-state index contributed by atoms with van der Waals surface area (Å²) in [5, 5.41) is 1.31. The third kappa shape index (κ3) is 3.44. The van der Waals surface area contributed by atoms with Crippen LogP contribution >= 0.6 is 0 Å². The number of rotatable bonds is 5. The number of aryl methyl sites for hydroxylation is 1. The summed E-state index contributed by atoms with van der Waals surface area (Å²) in [4.78, 5) is 21.0. The molecule has 2 aliphatic heterocycles. The number of benzene rings is 2. The van der Waals surface area contributed by atoms with Gasteiger partial charge in [0, 0.05) is 54.3 Å².